The van der Waals surface area contributed by atoms with E-state index >= 15 is 0 Å². The first kappa shape index (κ1) is 18.2. The Kier molecular flexibility index (Phi) is 9.15. The molecule has 7 heteroatoms. The van der Waals surface area contributed by atoms with Crippen LogP contribution in [0.2, 0.25) is 0 Å². The Hall–Kier alpha value is -1.79. The van der Waals surface area contributed by atoms with Gasteiger partial charge in [-0.15, -0.1) is 0 Å². The minimum atomic E-state index is -1.28. The number of ether oxygens (including phenoxy) is 1. The first-order valence-electron chi connectivity index (χ1n) is 6.70. The van der Waals surface area contributed by atoms with Crippen molar-refractivity contribution in [1.29, 1.82) is 0 Å². The van der Waals surface area contributed by atoms with Crippen molar-refractivity contribution in [2.24, 2.45) is 5.92 Å². The zero-order valence-electron chi connectivity index (χ0n) is 12.3. The third kappa shape index (κ3) is 9.18. The molecule has 0 unspecified atom stereocenters. The van der Waals surface area contributed by atoms with E-state index in [2.05, 4.69) is 29.2 Å². The number of hydrogen-bond donors (Lipinski definition) is 3. The maximum Gasteiger partial charge on any atom is 0.326 e. The highest BCUT2D eigenvalue weighted by Crippen LogP contribution is 2.05. The summed E-state index contributed by atoms with van der Waals surface area (Å²) in [5, 5.41) is 13.7. The summed E-state index contributed by atoms with van der Waals surface area (Å²) in [5.74, 6) is -1.33. The molecular weight excluding hydrogens is 264 g/mol. The number of rotatable bonds is 9. The molecule has 0 radical (unpaired) electrons. The first-order valence-corrected chi connectivity index (χ1v) is 6.70. The van der Waals surface area contributed by atoms with Gasteiger partial charge in [0.2, 0.25) is 0 Å². The highest BCUT2D eigenvalue weighted by molar-refractivity contribution is 5.86. The number of nitrogens with one attached hydrogen (secondary N) is 2. The Labute approximate surface area is 119 Å². The SMILES string of the molecule is COC(=O)C[C@H](NC(=O)NCCCCC(C)C)C(=O)O. The smallest absolute Gasteiger partial charge is 0.326 e. The van der Waals surface area contributed by atoms with Crippen molar-refractivity contribution in [2.45, 2.75) is 45.6 Å². The zero-order chi connectivity index (χ0) is 15.5. The normalized spacial score (nSPS) is 11.8. The van der Waals surface area contributed by atoms with Crippen molar-refractivity contribution in [3.63, 3.8) is 0 Å². The molecule has 20 heavy (non-hydrogen) atoms. The van der Waals surface area contributed by atoms with Crippen molar-refractivity contribution < 1.29 is 24.2 Å². The number of carbonyl (C=O) groups is 3. The van der Waals surface area contributed by atoms with Crippen LogP contribution in [-0.4, -0.2) is 42.8 Å². The number of unbranched alkanes of at least 4 members (excludes halogenated alkanes) is 1. The molecule has 2 amide bonds. The van der Waals surface area contributed by atoms with Gasteiger partial charge in [-0.05, 0) is 12.3 Å². The summed E-state index contributed by atoms with van der Waals surface area (Å²) in [7, 11) is 1.16. The molecule has 0 rings (SSSR count). The lowest BCUT2D eigenvalue weighted by atomic mass is 10.1. The van der Waals surface area contributed by atoms with Gasteiger partial charge in [0.1, 0.15) is 6.04 Å². The number of carboxylic acids is 1. The van der Waals surface area contributed by atoms with Gasteiger partial charge in [0.15, 0.2) is 0 Å². The number of esters is 1. The first-order chi connectivity index (χ1) is 9.36. The van der Waals surface area contributed by atoms with Crippen LogP contribution in [0.1, 0.15) is 39.5 Å². The minimum Gasteiger partial charge on any atom is -0.480 e. The van der Waals surface area contributed by atoms with Crippen LogP contribution in [0.4, 0.5) is 4.79 Å². The number of urea groups is 1. The second-order valence-corrected chi connectivity index (χ2v) is 4.96. The van der Waals surface area contributed by atoms with Crippen LogP contribution >= 0.6 is 0 Å². The molecule has 0 aliphatic heterocycles. The fourth-order valence-corrected chi connectivity index (χ4v) is 1.54. The van der Waals surface area contributed by atoms with E-state index in [-0.39, 0.29) is 0 Å². The summed E-state index contributed by atoms with van der Waals surface area (Å²) >= 11 is 0. The Bertz CT molecular complexity index is 331. The van der Waals surface area contributed by atoms with Crippen molar-refractivity contribution in [1.82, 2.24) is 10.6 Å². The van der Waals surface area contributed by atoms with Crippen LogP contribution < -0.4 is 10.6 Å². The molecule has 0 aromatic rings. The standard InChI is InChI=1S/C13H24N2O5/c1-9(2)6-4-5-7-14-13(19)15-10(12(17)18)8-11(16)20-3/h9-10H,4-8H2,1-3H3,(H,17,18)(H2,14,15,19)/t10-/m0/s1. The fraction of sp³-hybridized carbons (Fsp3) is 0.769. The summed E-state index contributed by atoms with van der Waals surface area (Å²) in [6, 6.07) is -1.87. The summed E-state index contributed by atoms with van der Waals surface area (Å²) in [5.41, 5.74) is 0. The van der Waals surface area contributed by atoms with Crippen LogP contribution in [-0.2, 0) is 14.3 Å². The van der Waals surface area contributed by atoms with Gasteiger partial charge in [-0.25, -0.2) is 9.59 Å². The molecule has 3 N–H and O–H groups in total. The van der Waals surface area contributed by atoms with Gasteiger partial charge in [-0.2, -0.15) is 0 Å². The highest BCUT2D eigenvalue weighted by Gasteiger charge is 2.23. The molecule has 0 saturated heterocycles. The predicted octanol–water partition coefficient (Wildman–Crippen LogP) is 1.13. The molecule has 0 saturated carbocycles. The van der Waals surface area contributed by atoms with Gasteiger partial charge in [0.25, 0.3) is 0 Å². The molecular formula is C13H24N2O5. The highest BCUT2D eigenvalue weighted by atomic mass is 16.5. The molecule has 0 aromatic carbocycles. The Morgan fingerprint density at radius 3 is 2.35 bits per heavy atom. The van der Waals surface area contributed by atoms with E-state index < -0.39 is 30.4 Å². The van der Waals surface area contributed by atoms with E-state index in [0.29, 0.717) is 12.5 Å². The van der Waals surface area contributed by atoms with E-state index in [9.17, 15) is 14.4 Å². The van der Waals surface area contributed by atoms with Gasteiger partial charge in [-0.3, -0.25) is 4.79 Å². The maximum absolute atomic E-state index is 11.5. The summed E-state index contributed by atoms with van der Waals surface area (Å²) in [6.45, 7) is 4.73. The van der Waals surface area contributed by atoms with Crippen molar-refractivity contribution in [3.05, 3.63) is 0 Å². The lowest BCUT2D eigenvalue weighted by Crippen LogP contribution is -2.47. The van der Waals surface area contributed by atoms with Crippen molar-refractivity contribution >= 4 is 18.0 Å². The van der Waals surface area contributed by atoms with E-state index in [1.165, 1.54) is 0 Å². The lowest BCUT2D eigenvalue weighted by molar-refractivity contribution is -0.147. The van der Waals surface area contributed by atoms with Crippen molar-refractivity contribution in [3.8, 4) is 0 Å². The molecule has 7 nitrogen and oxygen atoms in total. The number of carboxylic acid groups (broad SMARTS) is 1. The quantitative estimate of drug-likeness (QED) is 0.436. The van der Waals surface area contributed by atoms with Crippen LogP contribution in [0.25, 0.3) is 0 Å². The number of carbonyl (C=O) groups excluding carboxylic acids is 2. The second-order valence-electron chi connectivity index (χ2n) is 4.96. The van der Waals surface area contributed by atoms with Crippen LogP contribution in [0.3, 0.4) is 0 Å². The third-order valence-electron chi connectivity index (χ3n) is 2.70. The van der Waals surface area contributed by atoms with Gasteiger partial charge < -0.3 is 20.5 Å². The monoisotopic (exact) mass is 288 g/mol. The molecule has 0 fully saturated rings. The van der Waals surface area contributed by atoms with E-state index in [0.717, 1.165) is 26.4 Å². The number of amides is 2. The van der Waals surface area contributed by atoms with Gasteiger partial charge in [0, 0.05) is 6.54 Å². The van der Waals surface area contributed by atoms with Crippen LogP contribution in [0.15, 0.2) is 0 Å². The summed E-state index contributed by atoms with van der Waals surface area (Å²) in [4.78, 5) is 33.4. The summed E-state index contributed by atoms with van der Waals surface area (Å²) < 4.78 is 4.37. The van der Waals surface area contributed by atoms with Gasteiger partial charge >= 0.3 is 18.0 Å². The van der Waals surface area contributed by atoms with Crippen molar-refractivity contribution in [2.75, 3.05) is 13.7 Å². The number of aliphatic carboxylic acids is 1. The lowest BCUT2D eigenvalue weighted by Gasteiger charge is -2.14. The third-order valence-corrected chi connectivity index (χ3v) is 2.70. The molecule has 0 aromatic heterocycles. The second kappa shape index (κ2) is 10.1. The minimum absolute atomic E-state index is 0.396. The largest absolute Gasteiger partial charge is 0.480 e. The molecule has 0 aliphatic rings. The number of methoxy groups -OCH3 is 1. The Morgan fingerprint density at radius 2 is 1.85 bits per heavy atom. The van der Waals surface area contributed by atoms with E-state index in [4.69, 9.17) is 5.11 Å². The van der Waals surface area contributed by atoms with E-state index in [1.807, 2.05) is 0 Å². The Balaban J connectivity index is 3.96. The molecule has 0 aliphatic carbocycles. The molecule has 0 spiro atoms. The Morgan fingerprint density at radius 1 is 1.20 bits per heavy atom. The zero-order valence-corrected chi connectivity index (χ0v) is 12.3. The van der Waals surface area contributed by atoms with Crippen LogP contribution in [0, 0.1) is 5.92 Å². The molecule has 0 heterocycles. The molecule has 1 atom stereocenters. The average Bonchev–Trinajstić information content (AvgIpc) is 2.36. The van der Waals surface area contributed by atoms with Crippen LogP contribution in [0.5, 0.6) is 0 Å². The molecule has 116 valence electrons. The number of hydrogen-bond acceptors (Lipinski definition) is 4. The van der Waals surface area contributed by atoms with Gasteiger partial charge in [0.05, 0.1) is 13.5 Å². The average molecular weight is 288 g/mol. The molecule has 0 bridgehead atoms. The topological polar surface area (TPSA) is 105 Å². The predicted molar refractivity (Wildman–Crippen MR) is 73.3 cm³/mol. The fourth-order valence-electron chi connectivity index (χ4n) is 1.54. The van der Waals surface area contributed by atoms with Gasteiger partial charge in [-0.1, -0.05) is 26.7 Å². The maximum atomic E-state index is 11.5. The van der Waals surface area contributed by atoms with E-state index in [1.54, 1.807) is 0 Å². The summed E-state index contributed by atoms with van der Waals surface area (Å²) in [6.07, 6.45) is 2.53.